The van der Waals surface area contributed by atoms with Gasteiger partial charge in [-0.05, 0) is 66.9 Å². The maximum atomic E-state index is 13.3. The van der Waals surface area contributed by atoms with Crippen LogP contribution in [0.15, 0.2) is 77.7 Å². The summed E-state index contributed by atoms with van der Waals surface area (Å²) in [6.07, 6.45) is 1.16. The molecule has 0 bridgehead atoms. The number of sulfonamides is 1. The van der Waals surface area contributed by atoms with Gasteiger partial charge in [0.2, 0.25) is 0 Å². The summed E-state index contributed by atoms with van der Waals surface area (Å²) in [6, 6.07) is 16.5. The van der Waals surface area contributed by atoms with E-state index in [0.717, 1.165) is 16.4 Å². The van der Waals surface area contributed by atoms with Gasteiger partial charge in [0.05, 0.1) is 21.8 Å². The normalized spacial score (nSPS) is 13.8. The number of halogens is 1. The van der Waals surface area contributed by atoms with Gasteiger partial charge in [0, 0.05) is 6.54 Å². The average molecular weight is 491 g/mol. The number of nitrogens with zero attached hydrogens (tertiary/aromatic N) is 1. The number of nitrogens with one attached hydrogen (secondary N) is 1. The van der Waals surface area contributed by atoms with Crippen LogP contribution in [-0.4, -0.2) is 29.3 Å². The Morgan fingerprint density at radius 2 is 1.64 bits per heavy atom. The van der Waals surface area contributed by atoms with Gasteiger partial charge >= 0.3 is 16.3 Å². The lowest BCUT2D eigenvalue weighted by molar-refractivity contribution is 0.0748. The van der Waals surface area contributed by atoms with Crippen molar-refractivity contribution >= 4 is 37.7 Å². The lowest BCUT2D eigenvalue weighted by atomic mass is 10.0. The monoisotopic (exact) mass is 490 g/mol. The Morgan fingerprint density at radius 3 is 2.33 bits per heavy atom. The molecule has 0 spiro atoms. The predicted octanol–water partition coefficient (Wildman–Crippen LogP) is 3.48. The summed E-state index contributed by atoms with van der Waals surface area (Å²) in [5, 5.41) is 0. The fraction of sp³-hybridized carbons (Fsp3) is 0.136. The molecule has 1 aliphatic rings. The number of carbonyl (C=O) groups excluding carboxylic acids is 1. The third-order valence-corrected chi connectivity index (χ3v) is 7.68. The van der Waals surface area contributed by atoms with Crippen molar-refractivity contribution in [2.75, 3.05) is 15.6 Å². The summed E-state index contributed by atoms with van der Waals surface area (Å²) in [6.45, 7) is 0.173. The summed E-state index contributed by atoms with van der Waals surface area (Å²) in [7, 11) is -8.53. The van der Waals surface area contributed by atoms with Crippen LogP contribution in [0.2, 0.25) is 0 Å². The van der Waals surface area contributed by atoms with E-state index in [-0.39, 0.29) is 22.7 Å². The molecule has 0 atom stereocenters. The maximum Gasteiger partial charge on any atom is 0.410 e. The minimum atomic E-state index is -4.53. The molecule has 1 aliphatic heterocycles. The zero-order valence-electron chi connectivity index (χ0n) is 17.1. The van der Waals surface area contributed by atoms with Crippen molar-refractivity contribution in [3.63, 3.8) is 0 Å². The van der Waals surface area contributed by atoms with Crippen molar-refractivity contribution in [2.24, 2.45) is 0 Å². The Kier molecular flexibility index (Phi) is 6.09. The second-order valence-electron chi connectivity index (χ2n) is 7.27. The molecule has 0 saturated carbocycles. The maximum absolute atomic E-state index is 13.3. The lowest BCUT2D eigenvalue weighted by Gasteiger charge is -2.31. The number of anilines is 2. The van der Waals surface area contributed by atoms with Gasteiger partial charge in [0.15, 0.2) is 0 Å². The Labute approximate surface area is 190 Å². The number of carbonyl (C=O) groups is 1. The second-order valence-corrected chi connectivity index (χ2v) is 10.4. The van der Waals surface area contributed by atoms with Crippen LogP contribution < -0.4 is 9.03 Å². The zero-order valence-corrected chi connectivity index (χ0v) is 18.8. The predicted molar refractivity (Wildman–Crippen MR) is 120 cm³/mol. The summed E-state index contributed by atoms with van der Waals surface area (Å²) in [4.78, 5) is 12.0. The van der Waals surface area contributed by atoms with Crippen LogP contribution in [0, 0.1) is 5.82 Å². The first kappa shape index (κ1) is 22.7. The molecule has 0 radical (unpaired) electrons. The number of hydrogen-bond donors (Lipinski definition) is 1. The minimum absolute atomic E-state index is 0.0239. The van der Waals surface area contributed by atoms with Crippen molar-refractivity contribution in [3.05, 3.63) is 89.7 Å². The summed E-state index contributed by atoms with van der Waals surface area (Å²) in [5.41, 5.74) is 1.08. The van der Waals surface area contributed by atoms with Crippen molar-refractivity contribution in [1.82, 2.24) is 0 Å². The molecule has 0 saturated heterocycles. The van der Waals surface area contributed by atoms with Crippen molar-refractivity contribution in [1.29, 1.82) is 0 Å². The van der Waals surface area contributed by atoms with Crippen molar-refractivity contribution in [2.45, 2.75) is 17.7 Å². The topological polar surface area (TPSA) is 110 Å². The molecule has 0 aromatic heterocycles. The molecule has 0 amide bonds. The molecule has 11 heteroatoms. The van der Waals surface area contributed by atoms with E-state index >= 15 is 0 Å². The fourth-order valence-electron chi connectivity index (χ4n) is 3.48. The van der Waals surface area contributed by atoms with Gasteiger partial charge < -0.3 is 4.18 Å². The van der Waals surface area contributed by atoms with E-state index in [1.165, 1.54) is 36.4 Å². The molecule has 0 fully saturated rings. The van der Waals surface area contributed by atoms with Gasteiger partial charge in [-0.1, -0.05) is 24.3 Å². The van der Waals surface area contributed by atoms with Gasteiger partial charge in [0.25, 0.3) is 10.0 Å². The Bertz CT molecular complexity index is 1390. The fourth-order valence-corrected chi connectivity index (χ4v) is 5.76. The summed E-state index contributed by atoms with van der Waals surface area (Å²) in [5.74, 6) is -1.61. The molecule has 33 heavy (non-hydrogen) atoms. The van der Waals surface area contributed by atoms with Crippen molar-refractivity contribution < 1.29 is 30.2 Å². The second kappa shape index (κ2) is 8.83. The first-order valence-corrected chi connectivity index (χ1v) is 12.7. The Morgan fingerprint density at radius 1 is 0.939 bits per heavy atom. The van der Waals surface area contributed by atoms with Gasteiger partial charge in [-0.15, -0.1) is 0 Å². The van der Waals surface area contributed by atoms with E-state index in [1.54, 1.807) is 24.3 Å². The molecule has 3 aromatic rings. The number of aryl methyl sites for hydroxylation is 1. The molecule has 172 valence electrons. The summed E-state index contributed by atoms with van der Waals surface area (Å²) < 4.78 is 72.2. The quantitative estimate of drug-likeness (QED) is 0.567. The Balaban J connectivity index is 1.60. The molecule has 0 aliphatic carbocycles. The number of rotatable bonds is 6. The molecule has 8 nitrogen and oxygen atoms in total. The molecule has 4 rings (SSSR count). The third-order valence-electron chi connectivity index (χ3n) is 5.00. The smallest absolute Gasteiger partial charge is 0.325 e. The highest BCUT2D eigenvalue weighted by Crippen LogP contribution is 2.34. The average Bonchev–Trinajstić information content (AvgIpc) is 2.79. The van der Waals surface area contributed by atoms with Crippen LogP contribution in [0.1, 0.15) is 22.3 Å². The number of fused-ring (bicyclic) bond motifs is 1. The van der Waals surface area contributed by atoms with Crippen LogP contribution in [0.4, 0.5) is 15.8 Å². The van der Waals surface area contributed by atoms with E-state index in [9.17, 15) is 26.0 Å². The minimum Gasteiger partial charge on any atom is -0.325 e. The zero-order chi connectivity index (χ0) is 23.6. The van der Waals surface area contributed by atoms with Gasteiger partial charge in [0.1, 0.15) is 5.82 Å². The molecule has 0 unspecified atom stereocenters. The third kappa shape index (κ3) is 4.99. The van der Waals surface area contributed by atoms with E-state index < -0.39 is 32.1 Å². The highest BCUT2D eigenvalue weighted by Gasteiger charge is 2.30. The lowest BCUT2D eigenvalue weighted by Crippen LogP contribution is -2.35. The van der Waals surface area contributed by atoms with Gasteiger partial charge in [-0.2, -0.15) is 8.42 Å². The molecular formula is C22H19FN2O6S2. The van der Waals surface area contributed by atoms with E-state index in [2.05, 4.69) is 8.91 Å². The van der Waals surface area contributed by atoms with Crippen LogP contribution >= 0.6 is 0 Å². The van der Waals surface area contributed by atoms with Gasteiger partial charge in [-0.3, -0.25) is 9.03 Å². The first-order valence-electron chi connectivity index (χ1n) is 9.88. The standard InChI is InChI=1S/C22H19FN2O6S2/c23-18-9-12-20(13-10-18)32(27,28)25-14-4-7-16-8-11-19(15-21(16)25)24-33(29,30)31-22(26)17-5-2-1-3-6-17/h1-3,5-6,8-13,15,24H,4,7,14H2. The highest BCUT2D eigenvalue weighted by atomic mass is 32.2. The van der Waals surface area contributed by atoms with E-state index in [1.807, 2.05) is 0 Å². The van der Waals surface area contributed by atoms with Crippen LogP contribution in [-0.2, 0) is 30.9 Å². The SMILES string of the molecule is O=C(OS(=O)(=O)Nc1ccc2c(c1)N(S(=O)(=O)c1ccc(F)cc1)CCC2)c1ccccc1. The summed E-state index contributed by atoms with van der Waals surface area (Å²) >= 11 is 0. The first-order chi connectivity index (χ1) is 15.7. The number of benzene rings is 3. The number of hydrogen-bond acceptors (Lipinski definition) is 6. The molecule has 3 aromatic carbocycles. The van der Waals surface area contributed by atoms with Crippen LogP contribution in [0.5, 0.6) is 0 Å². The van der Waals surface area contributed by atoms with Crippen LogP contribution in [0.3, 0.4) is 0 Å². The van der Waals surface area contributed by atoms with E-state index in [4.69, 9.17) is 0 Å². The van der Waals surface area contributed by atoms with Crippen molar-refractivity contribution in [3.8, 4) is 0 Å². The molecular weight excluding hydrogens is 471 g/mol. The molecule has 1 heterocycles. The highest BCUT2D eigenvalue weighted by molar-refractivity contribution is 7.92. The Hall–Kier alpha value is -3.44. The van der Waals surface area contributed by atoms with Gasteiger partial charge in [-0.25, -0.2) is 17.6 Å². The largest absolute Gasteiger partial charge is 0.410 e. The van der Waals surface area contributed by atoms with Crippen LogP contribution in [0.25, 0.3) is 0 Å². The molecule has 1 N–H and O–H groups in total. The van der Waals surface area contributed by atoms with E-state index in [0.29, 0.717) is 24.1 Å².